The lowest BCUT2D eigenvalue weighted by Crippen LogP contribution is -2.50. The van der Waals surface area contributed by atoms with Gasteiger partial charge in [0.2, 0.25) is 5.91 Å². The van der Waals surface area contributed by atoms with Crippen LogP contribution in [0.4, 0.5) is 0 Å². The third kappa shape index (κ3) is 6.79. The number of aliphatic imine (C=N–C) groups is 1. The van der Waals surface area contributed by atoms with Crippen LogP contribution in [-0.4, -0.2) is 82.2 Å². The van der Waals surface area contributed by atoms with E-state index < -0.39 is 0 Å². The summed E-state index contributed by atoms with van der Waals surface area (Å²) in [4.78, 5) is 24.2. The summed E-state index contributed by atoms with van der Waals surface area (Å²) in [5.41, 5.74) is -0.310. The number of halogens is 1. The fraction of sp³-hybridized carbons (Fsp3) is 0.727. The highest BCUT2D eigenvalue weighted by Crippen LogP contribution is 2.39. The predicted octanol–water partition coefficient (Wildman–Crippen LogP) is 2.86. The average Bonchev–Trinajstić information content (AvgIpc) is 3.40. The number of amides is 1. The fourth-order valence-corrected chi connectivity index (χ4v) is 5.60. The Bertz CT molecular complexity index is 727. The number of hydrogen-bond acceptors (Lipinski definition) is 5. The molecule has 2 heterocycles. The van der Waals surface area contributed by atoms with E-state index in [1.807, 2.05) is 25.4 Å². The van der Waals surface area contributed by atoms with Crippen molar-refractivity contribution in [2.45, 2.75) is 38.6 Å². The molecule has 1 aromatic rings. The van der Waals surface area contributed by atoms with E-state index in [0.29, 0.717) is 6.54 Å². The van der Waals surface area contributed by atoms with E-state index in [-0.39, 0.29) is 41.3 Å². The van der Waals surface area contributed by atoms with E-state index in [1.165, 1.54) is 9.75 Å². The Morgan fingerprint density at radius 3 is 2.48 bits per heavy atom. The zero-order valence-electron chi connectivity index (χ0n) is 19.3. The van der Waals surface area contributed by atoms with Crippen molar-refractivity contribution in [3.63, 3.8) is 0 Å². The number of hydrogen-bond donors (Lipinski definition) is 2. The summed E-state index contributed by atoms with van der Waals surface area (Å²) in [5.74, 6) is 0.988. The molecule has 1 saturated heterocycles. The number of nitrogens with zero attached hydrogens (tertiary/aromatic N) is 3. The van der Waals surface area contributed by atoms with Gasteiger partial charge in [-0.05, 0) is 31.9 Å². The Hall–Kier alpha value is -0.910. The molecule has 0 radical (unpaired) electrons. The third-order valence-corrected chi connectivity index (χ3v) is 7.38. The Kier molecular flexibility index (Phi) is 10.5. The van der Waals surface area contributed by atoms with Crippen molar-refractivity contribution in [3.8, 4) is 0 Å². The quantitative estimate of drug-likeness (QED) is 0.304. The molecule has 1 aromatic heterocycles. The average molecular weight is 564 g/mol. The van der Waals surface area contributed by atoms with Gasteiger partial charge in [0.05, 0.1) is 24.7 Å². The Morgan fingerprint density at radius 2 is 1.94 bits per heavy atom. The molecule has 0 spiro atoms. The number of carbonyl (C=O) groups excluding carboxylic acids is 1. The topological polar surface area (TPSA) is 69.2 Å². The number of ether oxygens (including phenoxy) is 1. The molecule has 2 aliphatic rings. The van der Waals surface area contributed by atoms with Crippen LogP contribution < -0.4 is 10.6 Å². The predicted molar refractivity (Wildman–Crippen MR) is 139 cm³/mol. The van der Waals surface area contributed by atoms with Crippen molar-refractivity contribution < 1.29 is 9.53 Å². The molecule has 9 heteroatoms. The van der Waals surface area contributed by atoms with Gasteiger partial charge in [0, 0.05) is 57.1 Å². The van der Waals surface area contributed by atoms with E-state index in [9.17, 15) is 4.79 Å². The van der Waals surface area contributed by atoms with Crippen molar-refractivity contribution >= 4 is 47.2 Å². The molecule has 1 aliphatic heterocycles. The van der Waals surface area contributed by atoms with Crippen LogP contribution in [0.3, 0.4) is 0 Å². The van der Waals surface area contributed by atoms with Crippen LogP contribution in [0.15, 0.2) is 17.1 Å². The molecule has 1 amide bonds. The maximum atomic E-state index is 12.8. The minimum Gasteiger partial charge on any atom is -0.379 e. The van der Waals surface area contributed by atoms with Crippen LogP contribution in [-0.2, 0) is 9.53 Å². The lowest BCUT2D eigenvalue weighted by Gasteiger charge is -2.35. The number of aryl methyl sites for hydroxylation is 1. The summed E-state index contributed by atoms with van der Waals surface area (Å²) in [5, 5.41) is 6.98. The molecule has 1 aliphatic carbocycles. The molecular formula is C22H38IN5O2S. The summed E-state index contributed by atoms with van der Waals surface area (Å²) in [7, 11) is 5.50. The fourth-order valence-electron chi connectivity index (χ4n) is 4.59. The normalized spacial score (nSPS) is 20.1. The zero-order valence-corrected chi connectivity index (χ0v) is 22.4. The van der Waals surface area contributed by atoms with E-state index in [1.54, 1.807) is 11.9 Å². The highest BCUT2D eigenvalue weighted by Gasteiger charge is 2.42. The van der Waals surface area contributed by atoms with Crippen LogP contribution >= 0.6 is 35.3 Å². The Morgan fingerprint density at radius 1 is 1.26 bits per heavy atom. The summed E-state index contributed by atoms with van der Waals surface area (Å²) < 4.78 is 5.56. The molecule has 1 atom stereocenters. The highest BCUT2D eigenvalue weighted by molar-refractivity contribution is 14.0. The van der Waals surface area contributed by atoms with E-state index >= 15 is 0 Å². The van der Waals surface area contributed by atoms with Crippen molar-refractivity contribution in [2.75, 3.05) is 60.5 Å². The van der Waals surface area contributed by atoms with Crippen LogP contribution in [0, 0.1) is 12.3 Å². The summed E-state index contributed by atoms with van der Waals surface area (Å²) in [6, 6.07) is 4.72. The largest absolute Gasteiger partial charge is 0.379 e. The first-order valence-electron chi connectivity index (χ1n) is 11.0. The van der Waals surface area contributed by atoms with Gasteiger partial charge in [-0.2, -0.15) is 0 Å². The monoisotopic (exact) mass is 563 g/mol. The van der Waals surface area contributed by atoms with E-state index in [2.05, 4.69) is 39.6 Å². The molecule has 1 unspecified atom stereocenters. The second-order valence-corrected chi connectivity index (χ2v) is 9.93. The van der Waals surface area contributed by atoms with Crippen molar-refractivity contribution in [1.82, 2.24) is 20.4 Å². The van der Waals surface area contributed by atoms with Gasteiger partial charge in [0.15, 0.2) is 5.96 Å². The molecule has 31 heavy (non-hydrogen) atoms. The summed E-state index contributed by atoms with van der Waals surface area (Å²) in [6.45, 7) is 7.00. The summed E-state index contributed by atoms with van der Waals surface area (Å²) >= 11 is 1.86. The number of nitrogens with one attached hydrogen (secondary N) is 2. The highest BCUT2D eigenvalue weighted by atomic mass is 127. The van der Waals surface area contributed by atoms with Gasteiger partial charge >= 0.3 is 0 Å². The molecule has 2 fully saturated rings. The molecule has 176 valence electrons. The number of morpholine rings is 1. The SMILES string of the molecule is CN=C(NCC(c1ccc(C)s1)N1CCOCC1)NCC1(C(=O)N(C)C)CCCC1.I. The first-order chi connectivity index (χ1) is 14.4. The summed E-state index contributed by atoms with van der Waals surface area (Å²) in [6.07, 6.45) is 4.12. The maximum Gasteiger partial charge on any atom is 0.230 e. The molecule has 1 saturated carbocycles. The smallest absolute Gasteiger partial charge is 0.230 e. The molecule has 2 N–H and O–H groups in total. The standard InChI is InChI=1S/C22H37N5O2S.HI/c1-17-7-8-19(30-17)18(27-11-13-29-14-12-27)15-24-21(23-2)25-16-22(9-5-6-10-22)20(28)26(3)4;/h7-8,18H,5-6,9-16H2,1-4H3,(H2,23,24,25);1H. The number of thiophene rings is 1. The zero-order chi connectivity index (χ0) is 21.6. The third-order valence-electron chi connectivity index (χ3n) is 6.28. The van der Waals surface area contributed by atoms with Gasteiger partial charge in [0.25, 0.3) is 0 Å². The second kappa shape index (κ2) is 12.4. The van der Waals surface area contributed by atoms with Crippen LogP contribution in [0.2, 0.25) is 0 Å². The van der Waals surface area contributed by atoms with Gasteiger partial charge in [-0.25, -0.2) is 0 Å². The van der Waals surface area contributed by atoms with Crippen molar-refractivity contribution in [2.24, 2.45) is 10.4 Å². The maximum absolute atomic E-state index is 12.8. The molecule has 0 bridgehead atoms. The van der Waals surface area contributed by atoms with Crippen LogP contribution in [0.1, 0.15) is 41.5 Å². The minimum absolute atomic E-state index is 0. The van der Waals surface area contributed by atoms with Gasteiger partial charge in [0.1, 0.15) is 0 Å². The van der Waals surface area contributed by atoms with E-state index in [0.717, 1.165) is 64.5 Å². The molecule has 7 nitrogen and oxygen atoms in total. The number of carbonyl (C=O) groups is 1. The number of guanidine groups is 1. The van der Waals surface area contributed by atoms with Crippen LogP contribution in [0.25, 0.3) is 0 Å². The molecule has 0 aromatic carbocycles. The van der Waals surface area contributed by atoms with Gasteiger partial charge in [-0.3, -0.25) is 14.7 Å². The molecule has 3 rings (SSSR count). The Labute approximate surface area is 208 Å². The minimum atomic E-state index is -0.310. The van der Waals surface area contributed by atoms with Gasteiger partial charge in [-0.15, -0.1) is 35.3 Å². The first-order valence-corrected chi connectivity index (χ1v) is 11.8. The second-order valence-electron chi connectivity index (χ2n) is 8.61. The van der Waals surface area contributed by atoms with Gasteiger partial charge in [-0.1, -0.05) is 12.8 Å². The lowest BCUT2D eigenvalue weighted by molar-refractivity contribution is -0.138. The van der Waals surface area contributed by atoms with Crippen molar-refractivity contribution in [1.29, 1.82) is 0 Å². The van der Waals surface area contributed by atoms with Crippen molar-refractivity contribution in [3.05, 3.63) is 21.9 Å². The Balaban J connectivity index is 0.00000341. The first kappa shape index (κ1) is 26.3. The number of rotatable bonds is 7. The molecular weight excluding hydrogens is 525 g/mol. The van der Waals surface area contributed by atoms with E-state index in [4.69, 9.17) is 4.74 Å². The lowest BCUT2D eigenvalue weighted by atomic mass is 9.84. The van der Waals surface area contributed by atoms with Crippen LogP contribution in [0.5, 0.6) is 0 Å². The van der Waals surface area contributed by atoms with Gasteiger partial charge < -0.3 is 20.3 Å².